The van der Waals surface area contributed by atoms with E-state index in [1.807, 2.05) is 20.0 Å². The monoisotopic (exact) mass is 191 g/mol. The van der Waals surface area contributed by atoms with Gasteiger partial charge in [-0.2, -0.15) is 0 Å². The number of nitrogens with zero attached hydrogens (tertiary/aromatic N) is 1. The van der Waals surface area contributed by atoms with Crippen molar-refractivity contribution in [2.75, 3.05) is 7.05 Å². The Kier molecular flexibility index (Phi) is 1.14. The van der Waals surface area contributed by atoms with Crippen LogP contribution < -0.4 is 0 Å². The highest BCUT2D eigenvalue weighted by atomic mass is 16.2. The predicted molar refractivity (Wildman–Crippen MR) is 50.5 cm³/mol. The van der Waals surface area contributed by atoms with Crippen molar-refractivity contribution in [2.24, 2.45) is 10.8 Å². The van der Waals surface area contributed by atoms with Crippen molar-refractivity contribution >= 4 is 11.7 Å². The van der Waals surface area contributed by atoms with Crippen molar-refractivity contribution in [1.82, 2.24) is 4.90 Å². The fourth-order valence-electron chi connectivity index (χ4n) is 3.35. The molecule has 1 amide bonds. The van der Waals surface area contributed by atoms with Gasteiger partial charge in [0, 0.05) is 24.9 Å². The van der Waals surface area contributed by atoms with Gasteiger partial charge in [-0.1, -0.05) is 6.08 Å². The van der Waals surface area contributed by atoms with Crippen molar-refractivity contribution in [3.8, 4) is 0 Å². The van der Waals surface area contributed by atoms with E-state index in [1.54, 1.807) is 11.0 Å². The summed E-state index contributed by atoms with van der Waals surface area (Å²) in [5.41, 5.74) is -0.212. The first-order valence-corrected chi connectivity index (χ1v) is 5.01. The molecule has 3 atom stereocenters. The van der Waals surface area contributed by atoms with Crippen LogP contribution in [0.4, 0.5) is 0 Å². The van der Waals surface area contributed by atoms with Gasteiger partial charge in [0.15, 0.2) is 5.78 Å². The van der Waals surface area contributed by atoms with Gasteiger partial charge < -0.3 is 4.90 Å². The van der Waals surface area contributed by atoms with Crippen LogP contribution >= 0.6 is 0 Å². The minimum Gasteiger partial charge on any atom is -0.341 e. The van der Waals surface area contributed by atoms with Crippen molar-refractivity contribution in [2.45, 2.75) is 25.8 Å². The SMILES string of the molecule is CN1C(=O)C2(C)CC23C=CC(=O)C[C@@H]13. The third-order valence-corrected chi connectivity index (χ3v) is 4.36. The zero-order chi connectivity index (χ0) is 10.1. The molecular formula is C11H13NO2. The maximum absolute atomic E-state index is 11.9. The molecule has 0 radical (unpaired) electrons. The summed E-state index contributed by atoms with van der Waals surface area (Å²) in [5, 5.41) is 0. The van der Waals surface area contributed by atoms with Crippen LogP contribution in [0.2, 0.25) is 0 Å². The van der Waals surface area contributed by atoms with E-state index in [1.165, 1.54) is 0 Å². The summed E-state index contributed by atoms with van der Waals surface area (Å²) < 4.78 is 0. The highest BCUT2D eigenvalue weighted by molar-refractivity contribution is 5.98. The third-order valence-electron chi connectivity index (χ3n) is 4.36. The van der Waals surface area contributed by atoms with Gasteiger partial charge in [-0.25, -0.2) is 0 Å². The summed E-state index contributed by atoms with van der Waals surface area (Å²) in [6.45, 7) is 2.02. The molecule has 3 heteroatoms. The minimum atomic E-state index is -0.205. The molecule has 3 rings (SSSR count). The van der Waals surface area contributed by atoms with E-state index in [4.69, 9.17) is 0 Å². The molecule has 2 fully saturated rings. The van der Waals surface area contributed by atoms with Crippen molar-refractivity contribution in [1.29, 1.82) is 0 Å². The lowest BCUT2D eigenvalue weighted by atomic mass is 9.84. The molecule has 14 heavy (non-hydrogen) atoms. The number of hydrogen-bond donors (Lipinski definition) is 0. The summed E-state index contributed by atoms with van der Waals surface area (Å²) in [4.78, 5) is 25.0. The second-order valence-electron chi connectivity index (χ2n) is 4.98. The molecule has 74 valence electrons. The first-order chi connectivity index (χ1) is 6.51. The van der Waals surface area contributed by atoms with Crippen LogP contribution in [-0.2, 0) is 9.59 Å². The summed E-state index contributed by atoms with van der Waals surface area (Å²) in [5.74, 6) is 0.360. The van der Waals surface area contributed by atoms with Gasteiger partial charge in [-0.15, -0.1) is 0 Å². The van der Waals surface area contributed by atoms with Crippen LogP contribution in [0.1, 0.15) is 19.8 Å². The zero-order valence-corrected chi connectivity index (χ0v) is 8.41. The van der Waals surface area contributed by atoms with E-state index >= 15 is 0 Å². The second-order valence-corrected chi connectivity index (χ2v) is 4.98. The Bertz CT molecular complexity index is 387. The number of likely N-dealkylation sites (tertiary alicyclic amines) is 1. The van der Waals surface area contributed by atoms with E-state index in [0.29, 0.717) is 6.42 Å². The highest BCUT2D eigenvalue weighted by Gasteiger charge is 2.77. The number of allylic oxidation sites excluding steroid dienone is 1. The van der Waals surface area contributed by atoms with Gasteiger partial charge in [0.05, 0.1) is 5.41 Å². The van der Waals surface area contributed by atoms with Crippen molar-refractivity contribution in [3.05, 3.63) is 12.2 Å². The highest BCUT2D eigenvalue weighted by Crippen LogP contribution is 2.73. The van der Waals surface area contributed by atoms with Gasteiger partial charge >= 0.3 is 0 Å². The second kappa shape index (κ2) is 1.95. The molecule has 0 aromatic carbocycles. The Morgan fingerprint density at radius 2 is 2.21 bits per heavy atom. The maximum Gasteiger partial charge on any atom is 0.229 e. The first kappa shape index (κ1) is 8.21. The summed E-state index contributed by atoms with van der Waals surface area (Å²) in [7, 11) is 1.82. The quantitative estimate of drug-likeness (QED) is 0.566. The lowest BCUT2D eigenvalue weighted by Gasteiger charge is -2.29. The number of rotatable bonds is 0. The summed E-state index contributed by atoms with van der Waals surface area (Å²) >= 11 is 0. The number of amides is 1. The normalized spacial score (nSPS) is 49.3. The molecule has 1 aliphatic heterocycles. The zero-order valence-electron chi connectivity index (χ0n) is 8.41. The number of carbonyl (C=O) groups excluding carboxylic acids is 2. The minimum absolute atomic E-state index is 0.00720. The molecule has 0 bridgehead atoms. The average molecular weight is 191 g/mol. The van der Waals surface area contributed by atoms with Crippen LogP contribution in [0, 0.1) is 10.8 Å². The standard InChI is InChI=1S/C11H13NO2/c1-10-6-11(10)4-3-7(13)5-8(11)12(2)9(10)14/h3-4,8H,5-6H2,1-2H3/t8-,10?,11?/m1/s1. The van der Waals surface area contributed by atoms with E-state index in [0.717, 1.165) is 6.42 Å². The van der Waals surface area contributed by atoms with Crippen LogP contribution in [0.25, 0.3) is 0 Å². The Labute approximate surface area is 82.8 Å². The first-order valence-electron chi connectivity index (χ1n) is 5.01. The Morgan fingerprint density at radius 3 is 2.93 bits per heavy atom. The Morgan fingerprint density at radius 1 is 1.50 bits per heavy atom. The number of ketones is 1. The molecule has 2 aliphatic carbocycles. The summed E-state index contributed by atoms with van der Waals surface area (Å²) in [6.07, 6.45) is 5.07. The van der Waals surface area contributed by atoms with Crippen molar-refractivity contribution in [3.63, 3.8) is 0 Å². The molecule has 1 spiro atoms. The maximum atomic E-state index is 11.9. The predicted octanol–water partition coefficient (Wildman–Crippen LogP) is 0.752. The number of piperidine rings is 1. The van der Waals surface area contributed by atoms with Gasteiger partial charge in [0.25, 0.3) is 0 Å². The van der Waals surface area contributed by atoms with Gasteiger partial charge in [0.2, 0.25) is 5.91 Å². The molecule has 0 aromatic rings. The van der Waals surface area contributed by atoms with Crippen LogP contribution in [0.15, 0.2) is 12.2 Å². The fourth-order valence-corrected chi connectivity index (χ4v) is 3.35. The Balaban J connectivity index is 2.12. The molecule has 0 N–H and O–H groups in total. The van der Waals surface area contributed by atoms with E-state index in [2.05, 4.69) is 0 Å². The average Bonchev–Trinajstić information content (AvgIpc) is 2.71. The van der Waals surface area contributed by atoms with E-state index < -0.39 is 0 Å². The lowest BCUT2D eigenvalue weighted by Crippen LogP contribution is -2.39. The van der Waals surface area contributed by atoms with E-state index in [9.17, 15) is 9.59 Å². The van der Waals surface area contributed by atoms with Crippen LogP contribution in [0.5, 0.6) is 0 Å². The molecule has 3 aliphatic rings. The van der Waals surface area contributed by atoms with Crippen molar-refractivity contribution < 1.29 is 9.59 Å². The molecule has 1 heterocycles. The van der Waals surface area contributed by atoms with Crippen LogP contribution in [0.3, 0.4) is 0 Å². The Hall–Kier alpha value is -1.12. The molecule has 1 saturated carbocycles. The third kappa shape index (κ3) is 0.606. The largest absolute Gasteiger partial charge is 0.341 e. The number of carbonyl (C=O) groups is 2. The van der Waals surface area contributed by atoms with Crippen LogP contribution in [-0.4, -0.2) is 29.7 Å². The van der Waals surface area contributed by atoms with Gasteiger partial charge in [-0.3, -0.25) is 9.59 Å². The smallest absolute Gasteiger partial charge is 0.229 e. The number of hydrogen-bond acceptors (Lipinski definition) is 2. The van der Waals surface area contributed by atoms with Gasteiger partial charge in [0.1, 0.15) is 0 Å². The fraction of sp³-hybridized carbons (Fsp3) is 0.636. The topological polar surface area (TPSA) is 37.4 Å². The summed E-state index contributed by atoms with van der Waals surface area (Å²) in [6, 6.07) is 0.123. The van der Waals surface area contributed by atoms with E-state index in [-0.39, 0.29) is 28.6 Å². The van der Waals surface area contributed by atoms with Gasteiger partial charge in [-0.05, 0) is 19.4 Å². The molecule has 0 aromatic heterocycles. The molecule has 3 nitrogen and oxygen atoms in total. The molecule has 1 saturated heterocycles. The molecular weight excluding hydrogens is 178 g/mol. The molecule has 2 unspecified atom stereocenters. The lowest BCUT2D eigenvalue weighted by molar-refractivity contribution is -0.133.